The summed E-state index contributed by atoms with van der Waals surface area (Å²) in [5.74, 6) is 0.935. The Morgan fingerprint density at radius 2 is 2.14 bits per heavy atom. The number of fused-ring (bicyclic) bond motifs is 1. The molecular formula is C22H22N2O4S. The van der Waals surface area contributed by atoms with Gasteiger partial charge < -0.3 is 9.47 Å². The number of carbonyl (C=O) groups is 2. The lowest BCUT2D eigenvalue weighted by molar-refractivity contribution is -0.132. The Kier molecular flexibility index (Phi) is 4.42. The molecule has 0 saturated heterocycles. The van der Waals surface area contributed by atoms with Crippen LogP contribution < -0.4 is 9.64 Å². The Labute approximate surface area is 173 Å². The first-order valence-electron chi connectivity index (χ1n) is 9.90. The van der Waals surface area contributed by atoms with Gasteiger partial charge in [-0.05, 0) is 42.9 Å². The van der Waals surface area contributed by atoms with Crippen LogP contribution in [-0.4, -0.2) is 29.9 Å². The van der Waals surface area contributed by atoms with Crippen molar-refractivity contribution in [1.29, 1.82) is 0 Å². The van der Waals surface area contributed by atoms with Crippen molar-refractivity contribution < 1.29 is 19.1 Å². The summed E-state index contributed by atoms with van der Waals surface area (Å²) in [6.45, 7) is 2.18. The molecule has 4 unspecified atom stereocenters. The van der Waals surface area contributed by atoms with E-state index in [0.717, 1.165) is 24.8 Å². The molecule has 0 N–H and O–H groups in total. The molecule has 2 aromatic rings. The largest absolute Gasteiger partial charge is 0.497 e. The highest BCUT2D eigenvalue weighted by Crippen LogP contribution is 2.49. The monoisotopic (exact) mass is 410 g/mol. The highest BCUT2D eigenvalue weighted by Gasteiger charge is 2.53. The van der Waals surface area contributed by atoms with Crippen LogP contribution in [0.4, 0.5) is 5.13 Å². The Morgan fingerprint density at radius 1 is 1.28 bits per heavy atom. The number of hydrogen-bond donors (Lipinski definition) is 0. The first-order valence-corrected chi connectivity index (χ1v) is 10.8. The van der Waals surface area contributed by atoms with Gasteiger partial charge >= 0.3 is 0 Å². The van der Waals surface area contributed by atoms with Crippen LogP contribution in [0, 0.1) is 11.8 Å². The van der Waals surface area contributed by atoms with Gasteiger partial charge in [0, 0.05) is 11.6 Å². The fourth-order valence-electron chi connectivity index (χ4n) is 4.74. The van der Waals surface area contributed by atoms with Gasteiger partial charge in [0.15, 0.2) is 16.7 Å². The molecule has 29 heavy (non-hydrogen) atoms. The molecule has 7 heteroatoms. The number of hydrogen-bond acceptors (Lipinski definition) is 6. The molecule has 3 heterocycles. The van der Waals surface area contributed by atoms with E-state index in [9.17, 15) is 9.59 Å². The number of methoxy groups -OCH3 is 1. The van der Waals surface area contributed by atoms with Crippen molar-refractivity contribution in [1.82, 2.24) is 4.98 Å². The second-order valence-corrected chi connectivity index (χ2v) is 8.83. The van der Waals surface area contributed by atoms with Crippen molar-refractivity contribution in [3.05, 3.63) is 52.7 Å². The molecule has 2 aliphatic heterocycles. The zero-order valence-electron chi connectivity index (χ0n) is 16.3. The maximum atomic E-state index is 13.6. The van der Waals surface area contributed by atoms with Crippen LogP contribution in [0.2, 0.25) is 0 Å². The topological polar surface area (TPSA) is 68.7 Å². The van der Waals surface area contributed by atoms with Crippen LogP contribution in [0.15, 0.2) is 47.2 Å². The summed E-state index contributed by atoms with van der Waals surface area (Å²) in [6.07, 6.45) is 4.08. The standard InChI is InChI=1S/C22H22N2O4S/c1-12-6-7-16-15(10-12)19(25)17-18(13-4-3-5-14(11-13)27-2)24(21(26)20(17)28-16)22-23-8-9-29-22/h3-5,8-9,11-12,15-16,18H,6-7,10H2,1-2H3. The molecule has 0 radical (unpaired) electrons. The Hall–Kier alpha value is -2.67. The fraction of sp³-hybridized carbons (Fsp3) is 0.409. The first kappa shape index (κ1) is 18.4. The van der Waals surface area contributed by atoms with Crippen molar-refractivity contribution in [3.8, 4) is 5.75 Å². The molecule has 0 bridgehead atoms. The van der Waals surface area contributed by atoms with Gasteiger partial charge in [-0.2, -0.15) is 0 Å². The number of rotatable bonds is 3. The van der Waals surface area contributed by atoms with E-state index in [2.05, 4.69) is 11.9 Å². The van der Waals surface area contributed by atoms with E-state index in [-0.39, 0.29) is 29.5 Å². The third-order valence-electron chi connectivity index (χ3n) is 6.14. The van der Waals surface area contributed by atoms with Crippen molar-refractivity contribution in [2.24, 2.45) is 11.8 Å². The Balaban J connectivity index is 1.65. The average molecular weight is 410 g/mol. The van der Waals surface area contributed by atoms with Crippen molar-refractivity contribution in [2.45, 2.75) is 38.3 Å². The summed E-state index contributed by atoms with van der Waals surface area (Å²) in [5, 5.41) is 2.39. The maximum absolute atomic E-state index is 13.6. The summed E-state index contributed by atoms with van der Waals surface area (Å²) in [7, 11) is 1.60. The molecule has 3 aliphatic rings. The summed E-state index contributed by atoms with van der Waals surface area (Å²) < 4.78 is 11.6. The summed E-state index contributed by atoms with van der Waals surface area (Å²) >= 11 is 1.37. The molecule has 1 amide bonds. The van der Waals surface area contributed by atoms with Gasteiger partial charge in [-0.15, -0.1) is 11.3 Å². The quantitative estimate of drug-likeness (QED) is 0.768. The number of Topliss-reactive ketones (excluding diaryl/α,β-unsaturated/α-hetero) is 1. The molecule has 150 valence electrons. The van der Waals surface area contributed by atoms with E-state index in [0.29, 0.717) is 22.4 Å². The lowest BCUT2D eigenvalue weighted by atomic mass is 9.74. The number of amides is 1. The lowest BCUT2D eigenvalue weighted by Gasteiger charge is -2.37. The van der Waals surface area contributed by atoms with E-state index in [1.807, 2.05) is 29.6 Å². The molecule has 4 atom stereocenters. The van der Waals surface area contributed by atoms with Crippen molar-refractivity contribution in [3.63, 3.8) is 0 Å². The number of ketones is 1. The minimum Gasteiger partial charge on any atom is -0.497 e. The van der Waals surface area contributed by atoms with Crippen molar-refractivity contribution in [2.75, 3.05) is 12.0 Å². The van der Waals surface area contributed by atoms with Crippen LogP contribution in [0.25, 0.3) is 0 Å². The molecule has 6 nitrogen and oxygen atoms in total. The van der Waals surface area contributed by atoms with Crippen molar-refractivity contribution >= 4 is 28.2 Å². The molecule has 1 aromatic carbocycles. The lowest BCUT2D eigenvalue weighted by Crippen LogP contribution is -2.41. The summed E-state index contributed by atoms with van der Waals surface area (Å²) in [4.78, 5) is 33.0. The maximum Gasteiger partial charge on any atom is 0.296 e. The molecule has 0 spiro atoms. The van der Waals surface area contributed by atoms with Gasteiger partial charge in [0.2, 0.25) is 0 Å². The van der Waals surface area contributed by atoms with Gasteiger partial charge in [-0.3, -0.25) is 14.5 Å². The zero-order chi connectivity index (χ0) is 20.1. The van der Waals surface area contributed by atoms with E-state index >= 15 is 0 Å². The summed E-state index contributed by atoms with van der Waals surface area (Å²) in [5.41, 5.74) is 1.28. The number of aromatic nitrogens is 1. The Bertz CT molecular complexity index is 1000. The smallest absolute Gasteiger partial charge is 0.296 e. The van der Waals surface area contributed by atoms with E-state index in [1.165, 1.54) is 11.3 Å². The normalized spacial score (nSPS) is 28.8. The number of benzene rings is 1. The number of thiazole rings is 1. The second kappa shape index (κ2) is 6.99. The first-order chi connectivity index (χ1) is 14.1. The average Bonchev–Trinajstić information content (AvgIpc) is 3.35. The van der Waals surface area contributed by atoms with Crippen LogP contribution in [0.3, 0.4) is 0 Å². The van der Waals surface area contributed by atoms with Gasteiger partial charge in [-0.1, -0.05) is 19.1 Å². The van der Waals surface area contributed by atoms with Crippen LogP contribution >= 0.6 is 11.3 Å². The van der Waals surface area contributed by atoms with Gasteiger partial charge in [0.05, 0.1) is 24.6 Å². The fourth-order valence-corrected chi connectivity index (χ4v) is 5.40. The second-order valence-electron chi connectivity index (χ2n) is 7.96. The van der Waals surface area contributed by atoms with Crippen LogP contribution in [0.1, 0.15) is 37.8 Å². The third-order valence-corrected chi connectivity index (χ3v) is 6.92. The number of nitrogens with zero attached hydrogens (tertiary/aromatic N) is 2. The molecule has 1 fully saturated rings. The highest BCUT2D eigenvalue weighted by atomic mass is 32.1. The molecule has 1 aliphatic carbocycles. The van der Waals surface area contributed by atoms with Gasteiger partial charge in [0.25, 0.3) is 5.91 Å². The van der Waals surface area contributed by atoms with Crippen LogP contribution in [-0.2, 0) is 14.3 Å². The predicted molar refractivity (Wildman–Crippen MR) is 109 cm³/mol. The molecule has 1 saturated carbocycles. The minimum atomic E-state index is -0.551. The minimum absolute atomic E-state index is 0.0445. The number of ether oxygens (including phenoxy) is 2. The van der Waals surface area contributed by atoms with E-state index < -0.39 is 6.04 Å². The number of anilines is 1. The Morgan fingerprint density at radius 3 is 2.90 bits per heavy atom. The van der Waals surface area contributed by atoms with Gasteiger partial charge in [-0.25, -0.2) is 4.98 Å². The van der Waals surface area contributed by atoms with Gasteiger partial charge in [0.1, 0.15) is 11.9 Å². The zero-order valence-corrected chi connectivity index (χ0v) is 17.1. The summed E-state index contributed by atoms with van der Waals surface area (Å²) in [6, 6.07) is 6.96. The van der Waals surface area contributed by atoms with E-state index in [4.69, 9.17) is 9.47 Å². The molecular weight excluding hydrogens is 388 g/mol. The SMILES string of the molecule is COc1cccc(C2C3=C(OC4CCC(C)CC4C3=O)C(=O)N2c2nccs2)c1. The number of carbonyl (C=O) groups excluding carboxylic acids is 2. The predicted octanol–water partition coefficient (Wildman–Crippen LogP) is 3.90. The van der Waals surface area contributed by atoms with Crippen LogP contribution in [0.5, 0.6) is 5.75 Å². The third kappa shape index (κ3) is 2.87. The highest BCUT2D eigenvalue weighted by molar-refractivity contribution is 7.13. The molecule has 1 aromatic heterocycles. The van der Waals surface area contributed by atoms with E-state index in [1.54, 1.807) is 18.2 Å². The molecule has 5 rings (SSSR count).